The van der Waals surface area contributed by atoms with E-state index in [1.54, 1.807) is 7.05 Å². The van der Waals surface area contributed by atoms with Gasteiger partial charge in [0.15, 0.2) is 5.96 Å². The summed E-state index contributed by atoms with van der Waals surface area (Å²) in [6.07, 6.45) is 8.21. The maximum absolute atomic E-state index is 13.3. The van der Waals surface area contributed by atoms with Crippen LogP contribution < -0.4 is 10.6 Å². The minimum Gasteiger partial charge on any atom is -0.361 e. The van der Waals surface area contributed by atoms with Gasteiger partial charge in [-0.15, -0.1) is 24.0 Å². The van der Waals surface area contributed by atoms with E-state index in [0.717, 1.165) is 49.0 Å². The Kier molecular flexibility index (Phi) is 8.82. The molecule has 27 heavy (non-hydrogen) atoms. The topological polar surface area (TPSA) is 55.5 Å². The highest BCUT2D eigenvalue weighted by molar-refractivity contribution is 14.0. The number of hydrogen-bond donors (Lipinski definition) is 3. The van der Waals surface area contributed by atoms with Crippen LogP contribution in [0.1, 0.15) is 31.2 Å². The first kappa shape index (κ1) is 21.9. The molecule has 0 radical (unpaired) electrons. The van der Waals surface area contributed by atoms with Gasteiger partial charge in [-0.3, -0.25) is 4.99 Å². The van der Waals surface area contributed by atoms with Crippen LogP contribution >= 0.6 is 24.0 Å². The van der Waals surface area contributed by atoms with Gasteiger partial charge in [-0.25, -0.2) is 4.39 Å². The van der Waals surface area contributed by atoms with E-state index in [9.17, 15) is 4.39 Å². The van der Waals surface area contributed by atoms with E-state index in [0.29, 0.717) is 0 Å². The van der Waals surface area contributed by atoms with Gasteiger partial charge in [0.25, 0.3) is 0 Å². The molecule has 1 aromatic carbocycles. The van der Waals surface area contributed by atoms with Crippen LogP contribution in [-0.4, -0.2) is 55.6 Å². The summed E-state index contributed by atoms with van der Waals surface area (Å²) in [5, 5.41) is 7.83. The van der Waals surface area contributed by atoms with Gasteiger partial charge in [0.05, 0.1) is 0 Å². The maximum Gasteiger partial charge on any atom is 0.191 e. The molecule has 0 saturated heterocycles. The number of nitrogens with zero attached hydrogens (tertiary/aromatic N) is 2. The van der Waals surface area contributed by atoms with Crippen molar-refractivity contribution in [1.29, 1.82) is 0 Å². The summed E-state index contributed by atoms with van der Waals surface area (Å²) in [5.74, 6) is 0.618. The molecule has 1 aliphatic rings. The third-order valence-electron chi connectivity index (χ3n) is 5.34. The molecule has 0 atom stereocenters. The van der Waals surface area contributed by atoms with E-state index in [-0.39, 0.29) is 29.8 Å². The zero-order chi connectivity index (χ0) is 18.4. The number of benzene rings is 1. The SMILES string of the molecule is CN=C(NCCc1c[nH]c2cc(F)ccc12)NCCN(C)C1CCCC1.I. The van der Waals surface area contributed by atoms with Crippen LogP contribution in [0.4, 0.5) is 4.39 Å². The molecule has 0 amide bonds. The van der Waals surface area contributed by atoms with Crippen LogP contribution in [0.2, 0.25) is 0 Å². The molecule has 0 aliphatic heterocycles. The Labute approximate surface area is 178 Å². The minimum absolute atomic E-state index is 0. The highest BCUT2D eigenvalue weighted by atomic mass is 127. The first-order valence-corrected chi connectivity index (χ1v) is 9.57. The Morgan fingerprint density at radius 2 is 2.00 bits per heavy atom. The van der Waals surface area contributed by atoms with Crippen molar-refractivity contribution >= 4 is 40.8 Å². The quantitative estimate of drug-likeness (QED) is 0.319. The van der Waals surface area contributed by atoms with Crippen molar-refractivity contribution in [3.8, 4) is 0 Å². The van der Waals surface area contributed by atoms with Crippen LogP contribution in [0.25, 0.3) is 10.9 Å². The number of aromatic nitrogens is 1. The van der Waals surface area contributed by atoms with Gasteiger partial charge in [0.2, 0.25) is 0 Å². The largest absolute Gasteiger partial charge is 0.361 e. The molecule has 5 nitrogen and oxygen atoms in total. The molecule has 1 saturated carbocycles. The molecular formula is C20H31FIN5. The number of likely N-dealkylation sites (N-methyl/N-ethyl adjacent to an activating group) is 1. The molecule has 1 aromatic heterocycles. The van der Waals surface area contributed by atoms with Crippen LogP contribution in [-0.2, 0) is 6.42 Å². The molecule has 0 spiro atoms. The number of hydrogen-bond acceptors (Lipinski definition) is 2. The third-order valence-corrected chi connectivity index (χ3v) is 5.34. The van der Waals surface area contributed by atoms with Crippen molar-refractivity contribution in [3.63, 3.8) is 0 Å². The Bertz CT molecular complexity index is 739. The monoisotopic (exact) mass is 487 g/mol. The number of guanidine groups is 1. The second kappa shape index (κ2) is 10.8. The van der Waals surface area contributed by atoms with Crippen molar-refractivity contribution in [2.45, 2.75) is 38.1 Å². The predicted molar refractivity (Wildman–Crippen MR) is 122 cm³/mol. The number of rotatable bonds is 7. The summed E-state index contributed by atoms with van der Waals surface area (Å²) >= 11 is 0. The molecule has 2 aromatic rings. The normalized spacial score (nSPS) is 15.3. The van der Waals surface area contributed by atoms with Crippen molar-refractivity contribution in [2.75, 3.05) is 33.7 Å². The highest BCUT2D eigenvalue weighted by Gasteiger charge is 2.18. The Balaban J connectivity index is 0.00000261. The van der Waals surface area contributed by atoms with Crippen LogP contribution in [0.15, 0.2) is 29.4 Å². The standard InChI is InChI=1S/C20H30FN5.HI/c1-22-20(24-11-12-26(2)17-5-3-4-6-17)23-10-9-15-14-25-19-13-16(21)7-8-18(15)19;/h7-8,13-14,17,25H,3-6,9-12H2,1-2H3,(H2,22,23,24);1H. The van der Waals surface area contributed by atoms with Gasteiger partial charge in [0, 0.05) is 49.8 Å². The zero-order valence-electron chi connectivity index (χ0n) is 16.2. The van der Waals surface area contributed by atoms with Crippen LogP contribution in [0.3, 0.4) is 0 Å². The zero-order valence-corrected chi connectivity index (χ0v) is 18.6. The van der Waals surface area contributed by atoms with Crippen LogP contribution in [0, 0.1) is 5.82 Å². The summed E-state index contributed by atoms with van der Waals surface area (Å²) in [6, 6.07) is 5.63. The first-order chi connectivity index (χ1) is 12.7. The van der Waals surface area contributed by atoms with Gasteiger partial charge in [-0.05, 0) is 50.1 Å². The Morgan fingerprint density at radius 3 is 2.74 bits per heavy atom. The summed E-state index contributed by atoms with van der Waals surface area (Å²) in [7, 11) is 4.01. The van der Waals surface area contributed by atoms with E-state index in [1.165, 1.54) is 43.4 Å². The summed E-state index contributed by atoms with van der Waals surface area (Å²) in [6.45, 7) is 2.70. The highest BCUT2D eigenvalue weighted by Crippen LogP contribution is 2.22. The van der Waals surface area contributed by atoms with Crippen molar-refractivity contribution in [2.24, 2.45) is 4.99 Å². The van der Waals surface area contributed by atoms with E-state index in [2.05, 4.69) is 32.6 Å². The fraction of sp³-hybridized carbons (Fsp3) is 0.550. The fourth-order valence-corrected chi connectivity index (χ4v) is 3.78. The van der Waals surface area contributed by atoms with Gasteiger partial charge < -0.3 is 20.5 Å². The molecule has 1 heterocycles. The number of aromatic amines is 1. The molecule has 0 unspecified atom stereocenters. The number of halogens is 2. The lowest BCUT2D eigenvalue weighted by molar-refractivity contribution is 0.249. The van der Waals surface area contributed by atoms with E-state index < -0.39 is 0 Å². The molecule has 1 aliphatic carbocycles. The summed E-state index contributed by atoms with van der Waals surface area (Å²) in [4.78, 5) is 9.89. The van der Waals surface area contributed by atoms with Gasteiger partial charge >= 0.3 is 0 Å². The van der Waals surface area contributed by atoms with Gasteiger partial charge in [-0.2, -0.15) is 0 Å². The number of fused-ring (bicyclic) bond motifs is 1. The lowest BCUT2D eigenvalue weighted by Crippen LogP contribution is -2.43. The maximum atomic E-state index is 13.3. The van der Waals surface area contributed by atoms with Crippen molar-refractivity contribution in [1.82, 2.24) is 20.5 Å². The second-order valence-corrected chi connectivity index (χ2v) is 7.10. The van der Waals surface area contributed by atoms with Crippen molar-refractivity contribution < 1.29 is 4.39 Å². The average Bonchev–Trinajstić information content (AvgIpc) is 3.30. The van der Waals surface area contributed by atoms with E-state index >= 15 is 0 Å². The molecular weight excluding hydrogens is 456 g/mol. The molecule has 0 bridgehead atoms. The smallest absolute Gasteiger partial charge is 0.191 e. The predicted octanol–water partition coefficient (Wildman–Crippen LogP) is 3.51. The molecule has 3 N–H and O–H groups in total. The average molecular weight is 487 g/mol. The van der Waals surface area contributed by atoms with Gasteiger partial charge in [0.1, 0.15) is 5.82 Å². The minimum atomic E-state index is -0.212. The fourth-order valence-electron chi connectivity index (χ4n) is 3.78. The van der Waals surface area contributed by atoms with Crippen LogP contribution in [0.5, 0.6) is 0 Å². The van der Waals surface area contributed by atoms with Crippen molar-refractivity contribution in [3.05, 3.63) is 35.8 Å². The molecule has 3 rings (SSSR count). The third kappa shape index (κ3) is 6.07. The molecule has 7 heteroatoms. The molecule has 150 valence electrons. The van der Waals surface area contributed by atoms with E-state index in [4.69, 9.17) is 0 Å². The number of H-pyrrole nitrogens is 1. The van der Waals surface area contributed by atoms with Gasteiger partial charge in [-0.1, -0.05) is 12.8 Å². The number of nitrogens with one attached hydrogen (secondary N) is 3. The summed E-state index contributed by atoms with van der Waals surface area (Å²) in [5.41, 5.74) is 2.03. The number of aliphatic imine (C=N–C) groups is 1. The second-order valence-electron chi connectivity index (χ2n) is 7.10. The lowest BCUT2D eigenvalue weighted by atomic mass is 10.1. The Morgan fingerprint density at radius 1 is 1.26 bits per heavy atom. The first-order valence-electron chi connectivity index (χ1n) is 9.57. The Hall–Kier alpha value is -1.35. The van der Waals surface area contributed by atoms with E-state index in [1.807, 2.05) is 12.3 Å². The molecule has 1 fully saturated rings. The lowest BCUT2D eigenvalue weighted by Gasteiger charge is -2.24. The summed E-state index contributed by atoms with van der Waals surface area (Å²) < 4.78 is 13.3.